The first-order valence-electron chi connectivity index (χ1n) is 13.8. The summed E-state index contributed by atoms with van der Waals surface area (Å²) in [6.07, 6.45) is 12.7. The van der Waals surface area contributed by atoms with Crippen LogP contribution in [0.15, 0.2) is 60.7 Å². The maximum atomic E-state index is 14.7. The zero-order chi connectivity index (χ0) is 24.7. The molecular weight excluding hydrogens is 438 g/mol. The maximum Gasteiger partial charge on any atom is 0.383 e. The van der Waals surface area contributed by atoms with E-state index in [9.17, 15) is 8.78 Å². The summed E-state index contributed by atoms with van der Waals surface area (Å²) in [6.45, 7) is 4.37. The van der Waals surface area contributed by atoms with Crippen LogP contribution in [-0.4, -0.2) is 6.61 Å². The fourth-order valence-corrected chi connectivity index (χ4v) is 6.11. The van der Waals surface area contributed by atoms with Crippen LogP contribution >= 0.6 is 0 Å². The van der Waals surface area contributed by atoms with Crippen LogP contribution in [0.25, 0.3) is 0 Å². The minimum absolute atomic E-state index is 0.00463. The Labute approximate surface area is 211 Å². The lowest BCUT2D eigenvalue weighted by atomic mass is 9.78. The van der Waals surface area contributed by atoms with Crippen molar-refractivity contribution in [3.05, 3.63) is 82.9 Å². The molecule has 2 aliphatic rings. The Balaban J connectivity index is 1.24. The fraction of sp³-hybridized carbons (Fsp3) is 0.562. The molecule has 1 nitrogen and oxygen atoms in total. The number of alkyl halides is 2. The number of hydrogen-bond donors (Lipinski definition) is 0. The van der Waals surface area contributed by atoms with E-state index in [0.29, 0.717) is 24.2 Å². The molecule has 0 amide bonds. The van der Waals surface area contributed by atoms with Gasteiger partial charge in [-0.3, -0.25) is 0 Å². The largest absolute Gasteiger partial charge is 0.383 e. The van der Waals surface area contributed by atoms with Gasteiger partial charge in [-0.15, -0.1) is 0 Å². The van der Waals surface area contributed by atoms with Gasteiger partial charge in [-0.1, -0.05) is 74.0 Å². The number of rotatable bonds is 9. The summed E-state index contributed by atoms with van der Waals surface area (Å²) in [5, 5.41) is 0. The van der Waals surface area contributed by atoms with Gasteiger partial charge in [-0.25, -0.2) is 0 Å². The minimum atomic E-state index is -3.26. The van der Waals surface area contributed by atoms with Gasteiger partial charge in [0.1, 0.15) is 0 Å². The van der Waals surface area contributed by atoms with E-state index >= 15 is 0 Å². The molecule has 4 rings (SSSR count). The fourth-order valence-electron chi connectivity index (χ4n) is 6.11. The van der Waals surface area contributed by atoms with Crippen LogP contribution in [-0.2, 0) is 17.3 Å². The zero-order valence-electron chi connectivity index (χ0n) is 21.5. The Bertz CT molecular complexity index is 915. The summed E-state index contributed by atoms with van der Waals surface area (Å²) < 4.78 is 34.5. The van der Waals surface area contributed by atoms with Crippen LogP contribution in [0.4, 0.5) is 8.78 Å². The molecule has 2 aromatic carbocycles. The highest BCUT2D eigenvalue weighted by atomic mass is 19.3. The van der Waals surface area contributed by atoms with Crippen molar-refractivity contribution < 1.29 is 13.5 Å². The predicted octanol–water partition coefficient (Wildman–Crippen LogP) is 9.53. The molecule has 35 heavy (non-hydrogen) atoms. The molecule has 0 spiro atoms. The second kappa shape index (κ2) is 12.3. The van der Waals surface area contributed by atoms with Gasteiger partial charge in [0.2, 0.25) is 0 Å². The molecule has 190 valence electrons. The molecule has 0 saturated heterocycles. The van der Waals surface area contributed by atoms with Crippen LogP contribution < -0.4 is 0 Å². The highest BCUT2D eigenvalue weighted by molar-refractivity contribution is 5.28. The first kappa shape index (κ1) is 26.1. The average Bonchev–Trinajstić information content (AvgIpc) is 2.90. The molecule has 2 aliphatic carbocycles. The van der Waals surface area contributed by atoms with E-state index in [0.717, 1.165) is 24.3 Å². The summed E-state index contributed by atoms with van der Waals surface area (Å²) >= 11 is 0. The van der Waals surface area contributed by atoms with Gasteiger partial charge >= 0.3 is 6.11 Å². The minimum Gasteiger partial charge on any atom is -0.316 e. The van der Waals surface area contributed by atoms with Gasteiger partial charge in [0.05, 0.1) is 12.2 Å². The van der Waals surface area contributed by atoms with E-state index in [2.05, 4.69) is 50.3 Å². The van der Waals surface area contributed by atoms with E-state index < -0.39 is 6.11 Å². The normalized spacial score (nSPS) is 25.7. The average molecular weight is 481 g/mol. The Morgan fingerprint density at radius 2 is 1.34 bits per heavy atom. The van der Waals surface area contributed by atoms with Crippen molar-refractivity contribution in [2.45, 2.75) is 96.0 Å². The number of benzene rings is 2. The molecule has 0 radical (unpaired) electrons. The van der Waals surface area contributed by atoms with Crippen LogP contribution in [0.3, 0.4) is 0 Å². The van der Waals surface area contributed by atoms with Gasteiger partial charge < -0.3 is 4.74 Å². The predicted molar refractivity (Wildman–Crippen MR) is 141 cm³/mol. The SMILES string of the molecule is C/C=C/C1CCC(c2ccc(C(F)(F)OCCc3ccc(C4CCC(CC)CC4)cc3)cc2)CC1. The summed E-state index contributed by atoms with van der Waals surface area (Å²) in [5.74, 6) is 2.69. The highest BCUT2D eigenvalue weighted by Gasteiger charge is 2.33. The third-order valence-electron chi connectivity index (χ3n) is 8.50. The lowest BCUT2D eigenvalue weighted by Crippen LogP contribution is -2.20. The van der Waals surface area contributed by atoms with E-state index in [1.54, 1.807) is 12.1 Å². The van der Waals surface area contributed by atoms with Gasteiger partial charge in [0, 0.05) is 0 Å². The van der Waals surface area contributed by atoms with Crippen molar-refractivity contribution in [1.29, 1.82) is 0 Å². The van der Waals surface area contributed by atoms with E-state index in [1.165, 1.54) is 56.1 Å². The van der Waals surface area contributed by atoms with Crippen molar-refractivity contribution >= 4 is 0 Å². The summed E-state index contributed by atoms with van der Waals surface area (Å²) in [5.41, 5.74) is 3.56. The molecule has 2 aromatic rings. The molecule has 0 atom stereocenters. The van der Waals surface area contributed by atoms with Gasteiger partial charge in [0.15, 0.2) is 0 Å². The standard InChI is InChI=1S/C32H42F2O/c1-3-5-25-8-14-29(15-9-25)30-18-20-31(21-19-30)32(33,34)35-23-22-26-10-16-28(17-11-26)27-12-6-24(4-2)7-13-27/h3,5,10-11,16-21,24-25,27,29H,4,6-9,12-15,22-23H2,1-2H3/b5-3+. The second-order valence-corrected chi connectivity index (χ2v) is 10.7. The number of ether oxygens (including phenoxy) is 1. The molecule has 2 saturated carbocycles. The molecule has 0 aliphatic heterocycles. The van der Waals surface area contributed by atoms with Crippen molar-refractivity contribution in [2.75, 3.05) is 6.61 Å². The van der Waals surface area contributed by atoms with Crippen LogP contribution in [0.2, 0.25) is 0 Å². The summed E-state index contributed by atoms with van der Waals surface area (Å²) in [4.78, 5) is 0. The first-order valence-corrected chi connectivity index (χ1v) is 13.8. The van der Waals surface area contributed by atoms with E-state index in [4.69, 9.17) is 4.74 Å². The monoisotopic (exact) mass is 480 g/mol. The number of allylic oxidation sites excluding steroid dienone is 2. The topological polar surface area (TPSA) is 9.23 Å². The first-order chi connectivity index (χ1) is 17.0. The molecule has 0 bridgehead atoms. The van der Waals surface area contributed by atoms with Crippen molar-refractivity contribution in [1.82, 2.24) is 0 Å². The van der Waals surface area contributed by atoms with Gasteiger partial charge in [0.25, 0.3) is 0 Å². The van der Waals surface area contributed by atoms with Crippen LogP contribution in [0.5, 0.6) is 0 Å². The Kier molecular flexibility index (Phi) is 9.16. The smallest absolute Gasteiger partial charge is 0.316 e. The highest BCUT2D eigenvalue weighted by Crippen LogP contribution is 2.38. The van der Waals surface area contributed by atoms with Crippen LogP contribution in [0.1, 0.15) is 106 Å². The Morgan fingerprint density at radius 3 is 1.89 bits per heavy atom. The van der Waals surface area contributed by atoms with Crippen molar-refractivity contribution in [3.63, 3.8) is 0 Å². The lowest BCUT2D eigenvalue weighted by molar-refractivity contribution is -0.248. The van der Waals surface area contributed by atoms with E-state index in [1.807, 2.05) is 12.1 Å². The lowest BCUT2D eigenvalue weighted by Gasteiger charge is -2.28. The molecule has 0 N–H and O–H groups in total. The molecule has 0 unspecified atom stereocenters. The molecule has 3 heteroatoms. The van der Waals surface area contributed by atoms with Crippen molar-refractivity contribution in [3.8, 4) is 0 Å². The maximum absolute atomic E-state index is 14.7. The molecule has 2 fully saturated rings. The summed E-state index contributed by atoms with van der Waals surface area (Å²) in [7, 11) is 0. The Morgan fingerprint density at radius 1 is 0.800 bits per heavy atom. The molecule has 0 aromatic heterocycles. The van der Waals surface area contributed by atoms with Crippen molar-refractivity contribution in [2.24, 2.45) is 11.8 Å². The third kappa shape index (κ3) is 7.03. The quantitative estimate of drug-likeness (QED) is 0.325. The van der Waals surface area contributed by atoms with Gasteiger partial charge in [-0.05, 0) is 105 Å². The third-order valence-corrected chi connectivity index (χ3v) is 8.50. The number of hydrogen-bond acceptors (Lipinski definition) is 1. The number of halogens is 2. The molecular formula is C32H42F2O. The van der Waals surface area contributed by atoms with Gasteiger partial charge in [-0.2, -0.15) is 8.78 Å². The zero-order valence-corrected chi connectivity index (χ0v) is 21.5. The second-order valence-electron chi connectivity index (χ2n) is 10.7. The van der Waals surface area contributed by atoms with E-state index in [-0.39, 0.29) is 12.2 Å². The van der Waals surface area contributed by atoms with Crippen LogP contribution in [0, 0.1) is 11.8 Å². The summed E-state index contributed by atoms with van der Waals surface area (Å²) in [6, 6.07) is 15.4. The Hall–Kier alpha value is -2.00. The molecule has 0 heterocycles.